The van der Waals surface area contributed by atoms with Gasteiger partial charge in [0.25, 0.3) is 0 Å². The second-order valence-corrected chi connectivity index (χ2v) is 4.59. The summed E-state index contributed by atoms with van der Waals surface area (Å²) in [5.74, 6) is -2.41. The van der Waals surface area contributed by atoms with Crippen LogP contribution in [0.5, 0.6) is 0 Å². The second kappa shape index (κ2) is 5.74. The summed E-state index contributed by atoms with van der Waals surface area (Å²) in [4.78, 5) is 48.9. The van der Waals surface area contributed by atoms with E-state index in [1.54, 1.807) is 0 Å². The number of carbonyl (C=O) groups excluding carboxylic acids is 4. The molecule has 1 aliphatic rings. The summed E-state index contributed by atoms with van der Waals surface area (Å²) >= 11 is 4.68. The first-order valence-corrected chi connectivity index (χ1v) is 5.82. The molecule has 0 aromatic rings. The molecule has 0 aromatic heterocycles. The first-order chi connectivity index (χ1) is 8.75. The van der Waals surface area contributed by atoms with Crippen molar-refractivity contribution in [2.75, 3.05) is 27.2 Å². The van der Waals surface area contributed by atoms with Gasteiger partial charge in [-0.1, -0.05) is 12.2 Å². The van der Waals surface area contributed by atoms with Crippen molar-refractivity contribution in [1.82, 2.24) is 14.7 Å². The van der Waals surface area contributed by atoms with Crippen LogP contribution in [-0.4, -0.2) is 70.6 Å². The summed E-state index contributed by atoms with van der Waals surface area (Å²) in [5, 5.41) is 0. The fraction of sp³-hybridized carbons (Fsp3) is 0.500. The zero-order chi connectivity index (χ0) is 14.7. The van der Waals surface area contributed by atoms with Crippen molar-refractivity contribution in [2.45, 2.75) is 6.42 Å². The third kappa shape index (κ3) is 3.25. The Morgan fingerprint density at radius 1 is 1.32 bits per heavy atom. The molecule has 0 bridgehead atoms. The summed E-state index contributed by atoms with van der Waals surface area (Å²) < 4.78 is 0. The average molecular weight is 286 g/mol. The molecule has 1 aliphatic heterocycles. The molecule has 0 spiro atoms. The van der Waals surface area contributed by atoms with E-state index in [4.69, 9.17) is 5.73 Å². The number of amides is 5. The van der Waals surface area contributed by atoms with Crippen LogP contribution in [0.25, 0.3) is 0 Å². The summed E-state index contributed by atoms with van der Waals surface area (Å²) in [6, 6.07) is -0.800. The molecule has 0 unspecified atom stereocenters. The lowest BCUT2D eigenvalue weighted by molar-refractivity contribution is -0.144. The Balaban J connectivity index is 2.62. The third-order valence-electron chi connectivity index (χ3n) is 2.66. The monoisotopic (exact) mass is 286 g/mol. The highest BCUT2D eigenvalue weighted by molar-refractivity contribution is 7.80. The quantitative estimate of drug-likeness (QED) is 0.376. The third-order valence-corrected chi connectivity index (χ3v) is 2.87. The molecule has 0 aliphatic carbocycles. The molecule has 2 N–H and O–H groups in total. The lowest BCUT2D eigenvalue weighted by Crippen LogP contribution is -2.42. The van der Waals surface area contributed by atoms with Crippen molar-refractivity contribution in [3.63, 3.8) is 0 Å². The number of hydrogen-bond donors (Lipinski definition) is 1. The molecule has 1 saturated heterocycles. The first-order valence-electron chi connectivity index (χ1n) is 5.41. The fourth-order valence-electron chi connectivity index (χ4n) is 1.41. The van der Waals surface area contributed by atoms with Crippen LogP contribution in [0.2, 0.25) is 0 Å². The zero-order valence-corrected chi connectivity index (χ0v) is 11.4. The van der Waals surface area contributed by atoms with Crippen LogP contribution in [0.4, 0.5) is 4.79 Å². The van der Waals surface area contributed by atoms with Crippen molar-refractivity contribution < 1.29 is 19.2 Å². The topological polar surface area (TPSA) is 104 Å². The number of likely N-dealkylation sites (N-methyl/N-ethyl adjacent to an activating group) is 2. The van der Waals surface area contributed by atoms with Gasteiger partial charge in [0.1, 0.15) is 6.54 Å². The molecule has 0 saturated carbocycles. The van der Waals surface area contributed by atoms with Gasteiger partial charge in [-0.15, -0.1) is 0 Å². The zero-order valence-electron chi connectivity index (χ0n) is 10.6. The van der Waals surface area contributed by atoms with Gasteiger partial charge in [-0.3, -0.25) is 19.3 Å². The molecule has 5 amide bonds. The summed E-state index contributed by atoms with van der Waals surface area (Å²) in [7, 11) is 2.68. The molecule has 104 valence electrons. The highest BCUT2D eigenvalue weighted by Crippen LogP contribution is 2.09. The Labute approximate surface area is 115 Å². The highest BCUT2D eigenvalue weighted by atomic mass is 32.1. The van der Waals surface area contributed by atoms with Gasteiger partial charge in [-0.2, -0.15) is 0 Å². The van der Waals surface area contributed by atoms with Crippen molar-refractivity contribution >= 4 is 41.0 Å². The van der Waals surface area contributed by atoms with E-state index in [1.165, 1.54) is 19.0 Å². The molecular formula is C10H14N4O4S. The van der Waals surface area contributed by atoms with Crippen LogP contribution in [0.3, 0.4) is 0 Å². The number of imide groups is 2. The van der Waals surface area contributed by atoms with Gasteiger partial charge >= 0.3 is 17.8 Å². The molecule has 0 radical (unpaired) electrons. The first kappa shape index (κ1) is 15.0. The molecule has 1 heterocycles. The maximum Gasteiger partial charge on any atom is 0.334 e. The molecular weight excluding hydrogens is 272 g/mol. The molecule has 0 atom stereocenters. The normalized spacial score (nSPS) is 15.2. The molecule has 8 nitrogen and oxygen atoms in total. The van der Waals surface area contributed by atoms with E-state index in [2.05, 4.69) is 12.2 Å². The average Bonchev–Trinajstić information content (AvgIpc) is 2.53. The molecule has 1 fully saturated rings. The van der Waals surface area contributed by atoms with Crippen molar-refractivity contribution in [1.29, 1.82) is 0 Å². The van der Waals surface area contributed by atoms with Crippen LogP contribution < -0.4 is 5.73 Å². The Morgan fingerprint density at radius 2 is 1.89 bits per heavy atom. The van der Waals surface area contributed by atoms with Gasteiger partial charge in [0.05, 0.1) is 4.99 Å². The van der Waals surface area contributed by atoms with Crippen molar-refractivity contribution in [3.8, 4) is 0 Å². The van der Waals surface area contributed by atoms with E-state index in [1.807, 2.05) is 0 Å². The van der Waals surface area contributed by atoms with Crippen molar-refractivity contribution in [3.05, 3.63) is 0 Å². The highest BCUT2D eigenvalue weighted by Gasteiger charge is 2.43. The number of nitrogens with two attached hydrogens (primary N) is 1. The smallest absolute Gasteiger partial charge is 0.334 e. The van der Waals surface area contributed by atoms with Crippen LogP contribution in [-0.2, 0) is 14.4 Å². The molecule has 1 rings (SSSR count). The maximum absolute atomic E-state index is 11.8. The Bertz CT molecular complexity index is 464. The van der Waals surface area contributed by atoms with E-state index >= 15 is 0 Å². The number of carbonyl (C=O) groups is 4. The predicted molar refractivity (Wildman–Crippen MR) is 68.9 cm³/mol. The number of thiocarbonyl (C=S) groups is 1. The van der Waals surface area contributed by atoms with E-state index in [0.29, 0.717) is 16.2 Å². The standard InChI is InChI=1S/C10H14N4O4S/c1-12(4-3-6(11)19)7(15)5-14-9(17)8(16)13(2)10(14)18/h3-5H2,1-2H3,(H2,11,19). The minimum absolute atomic E-state index is 0.267. The lowest BCUT2D eigenvalue weighted by atomic mass is 10.3. The fourth-order valence-corrected chi connectivity index (χ4v) is 1.50. The summed E-state index contributed by atoms with van der Waals surface area (Å²) in [5.41, 5.74) is 5.31. The molecule has 19 heavy (non-hydrogen) atoms. The van der Waals surface area contributed by atoms with Gasteiger partial charge in [0.15, 0.2) is 0 Å². The van der Waals surface area contributed by atoms with Gasteiger partial charge in [-0.05, 0) is 0 Å². The van der Waals surface area contributed by atoms with Gasteiger partial charge in [-0.25, -0.2) is 9.69 Å². The van der Waals surface area contributed by atoms with Crippen LogP contribution in [0.1, 0.15) is 6.42 Å². The number of nitrogens with zero attached hydrogens (tertiary/aromatic N) is 3. The van der Waals surface area contributed by atoms with E-state index in [0.717, 1.165) is 0 Å². The molecule has 0 aromatic carbocycles. The van der Waals surface area contributed by atoms with E-state index in [-0.39, 0.29) is 11.5 Å². The van der Waals surface area contributed by atoms with Gasteiger partial charge in [0.2, 0.25) is 5.91 Å². The van der Waals surface area contributed by atoms with Gasteiger partial charge < -0.3 is 10.6 Å². The number of hydrogen-bond acceptors (Lipinski definition) is 5. The number of urea groups is 1. The van der Waals surface area contributed by atoms with E-state index in [9.17, 15) is 19.2 Å². The Morgan fingerprint density at radius 3 is 2.32 bits per heavy atom. The van der Waals surface area contributed by atoms with E-state index < -0.39 is 30.3 Å². The molecule has 9 heteroatoms. The Kier molecular flexibility index (Phi) is 4.54. The lowest BCUT2D eigenvalue weighted by Gasteiger charge is -2.19. The van der Waals surface area contributed by atoms with Crippen molar-refractivity contribution in [2.24, 2.45) is 5.73 Å². The van der Waals surface area contributed by atoms with Crippen LogP contribution >= 0.6 is 12.2 Å². The number of rotatable bonds is 5. The Hall–Kier alpha value is -2.03. The van der Waals surface area contributed by atoms with Crippen LogP contribution in [0.15, 0.2) is 0 Å². The maximum atomic E-state index is 11.8. The second-order valence-electron chi connectivity index (χ2n) is 4.07. The summed E-state index contributed by atoms with van der Waals surface area (Å²) in [6.45, 7) is -0.185. The largest absolute Gasteiger partial charge is 0.393 e. The predicted octanol–water partition coefficient (Wildman–Crippen LogP) is -1.46. The minimum Gasteiger partial charge on any atom is -0.393 e. The summed E-state index contributed by atoms with van der Waals surface area (Å²) in [6.07, 6.45) is 0.346. The SMILES string of the molecule is CN(CCC(N)=S)C(=O)CN1C(=O)C(=O)N(C)C1=O. The minimum atomic E-state index is -0.997. The van der Waals surface area contributed by atoms with Gasteiger partial charge in [0, 0.05) is 27.1 Å². The van der Waals surface area contributed by atoms with Crippen LogP contribution in [0, 0.1) is 0 Å².